The number of halogens is 4. The number of imidazole rings is 1. The van der Waals surface area contributed by atoms with E-state index < -0.39 is 34.4 Å². The molecule has 160 valence electrons. The minimum atomic E-state index is -4.82. The Labute approximate surface area is 170 Å². The second-order valence-corrected chi connectivity index (χ2v) is 8.20. The molecule has 6 nitrogen and oxygen atoms in total. The van der Waals surface area contributed by atoms with Gasteiger partial charge in [-0.1, -0.05) is 24.3 Å². The molecule has 0 saturated carbocycles. The zero-order valence-electron chi connectivity index (χ0n) is 15.7. The predicted molar refractivity (Wildman–Crippen MR) is 105 cm³/mol. The van der Waals surface area contributed by atoms with E-state index in [-0.39, 0.29) is 28.0 Å². The summed E-state index contributed by atoms with van der Waals surface area (Å²) in [5.74, 6) is -2.08. The second kappa shape index (κ2) is 8.17. The molecule has 0 atom stereocenters. The van der Waals surface area contributed by atoms with Gasteiger partial charge in [-0.2, -0.15) is 13.2 Å². The molecule has 0 unspecified atom stereocenters. The van der Waals surface area contributed by atoms with Gasteiger partial charge in [-0.05, 0) is 36.9 Å². The highest BCUT2D eigenvalue weighted by atomic mass is 32.2. The molecule has 0 fully saturated rings. The topological polar surface area (TPSA) is 90.0 Å². The van der Waals surface area contributed by atoms with E-state index in [1.54, 1.807) is 6.07 Å². The number of fused-ring (bicyclic) bond motifs is 1. The third-order valence-electron chi connectivity index (χ3n) is 4.41. The molecule has 30 heavy (non-hydrogen) atoms. The number of nitrogens with one attached hydrogen (secondary N) is 1. The summed E-state index contributed by atoms with van der Waals surface area (Å²) in [6.45, 7) is -0.835. The summed E-state index contributed by atoms with van der Waals surface area (Å²) in [5, 5.41) is 0. The molecule has 3 N–H and O–H groups in total. The summed E-state index contributed by atoms with van der Waals surface area (Å²) in [4.78, 5) is 3.68. The zero-order chi connectivity index (χ0) is 22.1. The number of alkyl halides is 3. The average Bonchev–Trinajstić information content (AvgIpc) is 3.07. The largest absolute Gasteiger partial charge is 0.449 e. The quantitative estimate of drug-likeness (QED) is 0.573. The van der Waals surface area contributed by atoms with E-state index in [1.165, 1.54) is 43.4 Å². The summed E-state index contributed by atoms with van der Waals surface area (Å²) >= 11 is 0. The van der Waals surface area contributed by atoms with E-state index >= 15 is 0 Å². The number of sulfonamides is 1. The Morgan fingerprint density at radius 2 is 1.93 bits per heavy atom. The van der Waals surface area contributed by atoms with E-state index in [0.29, 0.717) is 5.56 Å². The molecule has 2 aromatic carbocycles. The molecule has 0 aliphatic rings. The normalized spacial score (nSPS) is 13.2. The van der Waals surface area contributed by atoms with Crippen molar-refractivity contribution in [2.45, 2.75) is 17.6 Å². The number of allylic oxidation sites excluding steroid dienone is 1. The molecule has 1 heterocycles. The van der Waals surface area contributed by atoms with Gasteiger partial charge < -0.3 is 10.3 Å². The highest BCUT2D eigenvalue weighted by molar-refractivity contribution is 7.89. The number of hydrogen-bond donors (Lipinski definition) is 2. The predicted octanol–water partition coefficient (Wildman–Crippen LogP) is 3.44. The number of rotatable bonds is 6. The molecule has 0 amide bonds. The van der Waals surface area contributed by atoms with Crippen LogP contribution in [-0.4, -0.2) is 31.6 Å². The fraction of sp³-hybridized carbons (Fsp3) is 0.211. The van der Waals surface area contributed by atoms with Gasteiger partial charge in [0.2, 0.25) is 15.8 Å². The standard InChI is InChI=1S/C19H18F4N4O2S/c1-25-30(28,29)14-5-2-4-12(10-14)15-6-3-7-16-17(15)26-18(19(21,22)23)27(16)11-13(20)8-9-24/h2-8,10,25H,9,11,24H2,1H3/b13-8-. The first-order valence-electron chi connectivity index (χ1n) is 8.73. The van der Waals surface area contributed by atoms with Crippen LogP contribution in [0, 0.1) is 0 Å². The van der Waals surface area contributed by atoms with Crippen molar-refractivity contribution >= 4 is 21.1 Å². The van der Waals surface area contributed by atoms with Crippen molar-refractivity contribution in [1.82, 2.24) is 14.3 Å². The first kappa shape index (κ1) is 21.9. The fourth-order valence-electron chi connectivity index (χ4n) is 3.05. The van der Waals surface area contributed by atoms with Crippen LogP contribution in [0.4, 0.5) is 17.6 Å². The third kappa shape index (κ3) is 4.23. The Hall–Kier alpha value is -2.76. The number of nitrogens with zero attached hydrogens (tertiary/aromatic N) is 2. The summed E-state index contributed by atoms with van der Waals surface area (Å²) in [5.41, 5.74) is 5.91. The van der Waals surface area contributed by atoms with Crippen molar-refractivity contribution in [2.75, 3.05) is 13.6 Å². The minimum Gasteiger partial charge on any atom is -0.327 e. The smallest absolute Gasteiger partial charge is 0.327 e. The third-order valence-corrected chi connectivity index (χ3v) is 5.82. The monoisotopic (exact) mass is 442 g/mol. The van der Waals surface area contributed by atoms with Crippen LogP contribution in [0.3, 0.4) is 0 Å². The number of benzene rings is 2. The van der Waals surface area contributed by atoms with E-state index in [2.05, 4.69) is 9.71 Å². The maximum Gasteiger partial charge on any atom is 0.449 e. The van der Waals surface area contributed by atoms with Crippen LogP contribution in [0.1, 0.15) is 5.82 Å². The van der Waals surface area contributed by atoms with Gasteiger partial charge in [0.1, 0.15) is 5.83 Å². The van der Waals surface area contributed by atoms with E-state index in [1.807, 2.05) is 0 Å². The molecule has 0 aliphatic carbocycles. The first-order chi connectivity index (χ1) is 14.1. The van der Waals surface area contributed by atoms with Gasteiger partial charge in [-0.15, -0.1) is 0 Å². The molecule has 0 radical (unpaired) electrons. The van der Waals surface area contributed by atoms with Gasteiger partial charge >= 0.3 is 6.18 Å². The minimum absolute atomic E-state index is 0.0237. The Bertz CT molecular complexity index is 1220. The lowest BCUT2D eigenvalue weighted by Crippen LogP contribution is -2.18. The van der Waals surface area contributed by atoms with Crippen LogP contribution >= 0.6 is 0 Å². The molecule has 3 aromatic rings. The Kier molecular flexibility index (Phi) is 5.97. The Morgan fingerprint density at radius 3 is 2.57 bits per heavy atom. The highest BCUT2D eigenvalue weighted by Gasteiger charge is 2.38. The van der Waals surface area contributed by atoms with Gasteiger partial charge in [0.15, 0.2) is 0 Å². The van der Waals surface area contributed by atoms with Crippen LogP contribution in [0.15, 0.2) is 59.3 Å². The van der Waals surface area contributed by atoms with Crippen LogP contribution < -0.4 is 10.5 Å². The fourth-order valence-corrected chi connectivity index (χ4v) is 3.82. The molecule has 0 saturated heterocycles. The van der Waals surface area contributed by atoms with E-state index in [4.69, 9.17) is 5.73 Å². The SMILES string of the molecule is CNS(=O)(=O)c1cccc(-c2cccc3c2nc(C(F)(F)F)n3C/C(F)=C/CN)c1. The molecule has 1 aromatic heterocycles. The number of nitrogens with two attached hydrogens (primary N) is 1. The van der Waals surface area contributed by atoms with Crippen LogP contribution in [0.25, 0.3) is 22.2 Å². The van der Waals surface area contributed by atoms with Gasteiger partial charge in [-0.3, -0.25) is 0 Å². The van der Waals surface area contributed by atoms with Crippen molar-refractivity contribution in [3.05, 3.63) is 60.2 Å². The van der Waals surface area contributed by atoms with Crippen LogP contribution in [-0.2, 0) is 22.7 Å². The zero-order valence-corrected chi connectivity index (χ0v) is 16.6. The molecule has 0 spiro atoms. The molecule has 0 aliphatic heterocycles. The Balaban J connectivity index is 2.26. The van der Waals surface area contributed by atoms with Crippen molar-refractivity contribution in [3.8, 4) is 11.1 Å². The van der Waals surface area contributed by atoms with Crippen molar-refractivity contribution in [2.24, 2.45) is 5.73 Å². The first-order valence-corrected chi connectivity index (χ1v) is 10.2. The lowest BCUT2D eigenvalue weighted by atomic mass is 10.0. The molecule has 0 bridgehead atoms. The van der Waals surface area contributed by atoms with Gasteiger partial charge in [-0.25, -0.2) is 22.5 Å². The molecule has 3 rings (SSSR count). The maximum atomic E-state index is 14.0. The summed E-state index contributed by atoms with van der Waals surface area (Å²) in [6.07, 6.45) is -3.83. The summed E-state index contributed by atoms with van der Waals surface area (Å²) in [6, 6.07) is 10.2. The van der Waals surface area contributed by atoms with Gasteiger partial charge in [0.05, 0.1) is 22.5 Å². The highest BCUT2D eigenvalue weighted by Crippen LogP contribution is 2.36. The maximum absolute atomic E-state index is 14.0. The molecular weight excluding hydrogens is 424 g/mol. The molecule has 11 heteroatoms. The van der Waals surface area contributed by atoms with Gasteiger partial charge in [0.25, 0.3) is 0 Å². The van der Waals surface area contributed by atoms with E-state index in [9.17, 15) is 26.0 Å². The second-order valence-electron chi connectivity index (χ2n) is 6.31. The lowest BCUT2D eigenvalue weighted by molar-refractivity contribution is -0.146. The Morgan fingerprint density at radius 1 is 1.23 bits per heavy atom. The number of para-hydroxylation sites is 1. The summed E-state index contributed by atoms with van der Waals surface area (Å²) in [7, 11) is -2.50. The summed E-state index contributed by atoms with van der Waals surface area (Å²) < 4.78 is 81.8. The van der Waals surface area contributed by atoms with Gasteiger partial charge in [0, 0.05) is 12.1 Å². The number of hydrogen-bond acceptors (Lipinski definition) is 4. The lowest BCUT2D eigenvalue weighted by Gasteiger charge is -2.10. The van der Waals surface area contributed by atoms with Crippen molar-refractivity contribution in [1.29, 1.82) is 0 Å². The van der Waals surface area contributed by atoms with Crippen LogP contribution in [0.5, 0.6) is 0 Å². The average molecular weight is 442 g/mol. The van der Waals surface area contributed by atoms with Crippen molar-refractivity contribution < 1.29 is 26.0 Å². The van der Waals surface area contributed by atoms with Crippen LogP contribution in [0.2, 0.25) is 0 Å². The van der Waals surface area contributed by atoms with E-state index in [0.717, 1.165) is 10.6 Å². The molecular formula is C19H18F4N4O2S. The number of aromatic nitrogens is 2. The van der Waals surface area contributed by atoms with Crippen molar-refractivity contribution in [3.63, 3.8) is 0 Å².